The summed E-state index contributed by atoms with van der Waals surface area (Å²) in [5.74, 6) is -1.07. The fourth-order valence-corrected chi connectivity index (χ4v) is 0.778. The summed E-state index contributed by atoms with van der Waals surface area (Å²) in [5, 5.41) is 10.5. The Morgan fingerprint density at radius 1 is 1.80 bits per heavy atom. The fraction of sp³-hybridized carbons (Fsp3) is 0.600. The summed E-state index contributed by atoms with van der Waals surface area (Å²) in [6.45, 7) is 1.52. The number of alkyl carbamates (subject to hydrolysis) is 1. The van der Waals surface area contributed by atoms with E-state index >= 15 is 0 Å². The van der Waals surface area contributed by atoms with Gasteiger partial charge in [-0.25, -0.2) is 9.59 Å². The molecule has 5 nitrogen and oxygen atoms in total. The van der Waals surface area contributed by atoms with Crippen LogP contribution in [0.25, 0.3) is 0 Å². The van der Waals surface area contributed by atoms with Gasteiger partial charge < -0.3 is 15.2 Å². The number of aliphatic carboxylic acids is 1. The number of rotatable bonds is 1. The number of carboxylic acids is 1. The standard InChI is InChI=1S/C5H7NO4/c1-2-3(4(7)8)6-5(9)10-2/h2-3H,1H3,(H,6,9)(H,7,8)/t2-,3-/m1/s1. The zero-order valence-electron chi connectivity index (χ0n) is 5.33. The lowest BCUT2D eigenvalue weighted by atomic mass is 10.2. The minimum absolute atomic E-state index is 0.579. The molecule has 0 saturated carbocycles. The molecule has 0 radical (unpaired) electrons. The molecule has 1 amide bonds. The van der Waals surface area contributed by atoms with Gasteiger partial charge in [0.15, 0.2) is 6.04 Å². The predicted molar refractivity (Wildman–Crippen MR) is 30.5 cm³/mol. The molecular formula is C5H7NO4. The largest absolute Gasteiger partial charge is 0.480 e. The molecule has 0 spiro atoms. The van der Waals surface area contributed by atoms with Crippen LogP contribution in [0.1, 0.15) is 6.92 Å². The highest BCUT2D eigenvalue weighted by atomic mass is 16.6. The van der Waals surface area contributed by atoms with E-state index in [0.29, 0.717) is 0 Å². The Labute approximate surface area is 57.0 Å². The molecule has 1 fully saturated rings. The molecule has 5 heteroatoms. The molecule has 1 aliphatic heterocycles. The summed E-state index contributed by atoms with van der Waals surface area (Å²) >= 11 is 0. The van der Waals surface area contributed by atoms with E-state index in [-0.39, 0.29) is 0 Å². The van der Waals surface area contributed by atoms with Crippen molar-refractivity contribution in [2.45, 2.75) is 19.1 Å². The van der Waals surface area contributed by atoms with Gasteiger partial charge in [-0.3, -0.25) is 0 Å². The zero-order chi connectivity index (χ0) is 7.72. The lowest BCUT2D eigenvalue weighted by molar-refractivity contribution is -0.140. The van der Waals surface area contributed by atoms with Gasteiger partial charge >= 0.3 is 12.1 Å². The van der Waals surface area contributed by atoms with E-state index in [1.54, 1.807) is 0 Å². The van der Waals surface area contributed by atoms with Gasteiger partial charge in [0.25, 0.3) is 0 Å². The average molecular weight is 145 g/mol. The van der Waals surface area contributed by atoms with Gasteiger partial charge in [-0.2, -0.15) is 0 Å². The summed E-state index contributed by atoms with van der Waals surface area (Å²) in [6, 6.07) is -0.896. The molecule has 0 aromatic rings. The number of carbonyl (C=O) groups excluding carboxylic acids is 1. The molecule has 0 bridgehead atoms. The minimum atomic E-state index is -1.07. The summed E-state index contributed by atoms with van der Waals surface area (Å²) in [6.07, 6.45) is -1.25. The second-order valence-corrected chi connectivity index (χ2v) is 2.07. The van der Waals surface area contributed by atoms with E-state index in [0.717, 1.165) is 0 Å². The molecule has 2 N–H and O–H groups in total. The normalized spacial score (nSPS) is 31.1. The number of hydrogen-bond acceptors (Lipinski definition) is 3. The number of carboxylic acid groups (broad SMARTS) is 1. The highest BCUT2D eigenvalue weighted by Gasteiger charge is 2.35. The van der Waals surface area contributed by atoms with Crippen molar-refractivity contribution in [3.05, 3.63) is 0 Å². The van der Waals surface area contributed by atoms with Crippen molar-refractivity contribution in [2.75, 3.05) is 0 Å². The predicted octanol–water partition coefficient (Wildman–Crippen LogP) is -0.432. The van der Waals surface area contributed by atoms with Crippen LogP contribution < -0.4 is 5.32 Å². The number of hydrogen-bond donors (Lipinski definition) is 2. The van der Waals surface area contributed by atoms with Crippen LogP contribution in [0, 0.1) is 0 Å². The van der Waals surface area contributed by atoms with Gasteiger partial charge in [-0.15, -0.1) is 0 Å². The molecule has 0 unspecified atom stereocenters. The van der Waals surface area contributed by atoms with Crippen molar-refractivity contribution in [1.82, 2.24) is 5.32 Å². The van der Waals surface area contributed by atoms with Crippen LogP contribution in [0.15, 0.2) is 0 Å². The lowest BCUT2D eigenvalue weighted by Crippen LogP contribution is -2.37. The van der Waals surface area contributed by atoms with Crippen LogP contribution >= 0.6 is 0 Å². The van der Waals surface area contributed by atoms with Gasteiger partial charge in [0.2, 0.25) is 0 Å². The van der Waals surface area contributed by atoms with Crippen molar-refractivity contribution in [3.8, 4) is 0 Å². The monoisotopic (exact) mass is 145 g/mol. The molecule has 56 valence electrons. The highest BCUT2D eigenvalue weighted by Crippen LogP contribution is 2.06. The van der Waals surface area contributed by atoms with E-state index < -0.39 is 24.2 Å². The number of ether oxygens (including phenoxy) is 1. The van der Waals surface area contributed by atoms with Crippen LogP contribution in [0.4, 0.5) is 4.79 Å². The Morgan fingerprint density at radius 2 is 2.40 bits per heavy atom. The Hall–Kier alpha value is -1.26. The van der Waals surface area contributed by atoms with E-state index in [9.17, 15) is 9.59 Å². The summed E-state index contributed by atoms with van der Waals surface area (Å²) in [4.78, 5) is 20.6. The van der Waals surface area contributed by atoms with Crippen molar-refractivity contribution in [1.29, 1.82) is 0 Å². The third-order valence-corrected chi connectivity index (χ3v) is 1.30. The van der Waals surface area contributed by atoms with Gasteiger partial charge in [-0.05, 0) is 6.92 Å². The van der Waals surface area contributed by atoms with Gasteiger partial charge in [0, 0.05) is 0 Å². The first kappa shape index (κ1) is 6.85. The second-order valence-electron chi connectivity index (χ2n) is 2.07. The van der Waals surface area contributed by atoms with Crippen molar-refractivity contribution < 1.29 is 19.4 Å². The van der Waals surface area contributed by atoms with E-state index in [2.05, 4.69) is 10.1 Å². The molecule has 1 heterocycles. The first-order valence-corrected chi connectivity index (χ1v) is 2.81. The molecule has 1 rings (SSSR count). The molecule has 10 heavy (non-hydrogen) atoms. The molecule has 0 aromatic heterocycles. The average Bonchev–Trinajstić information content (AvgIpc) is 2.10. The van der Waals surface area contributed by atoms with Gasteiger partial charge in [0.1, 0.15) is 6.10 Å². The number of nitrogens with one attached hydrogen (secondary N) is 1. The summed E-state index contributed by atoms with van der Waals surface area (Å²) in [5.41, 5.74) is 0. The van der Waals surface area contributed by atoms with E-state index in [4.69, 9.17) is 5.11 Å². The number of amides is 1. The topological polar surface area (TPSA) is 75.6 Å². The summed E-state index contributed by atoms with van der Waals surface area (Å²) in [7, 11) is 0. The minimum Gasteiger partial charge on any atom is -0.480 e. The fourth-order valence-electron chi connectivity index (χ4n) is 0.778. The maximum Gasteiger partial charge on any atom is 0.408 e. The van der Waals surface area contributed by atoms with Crippen LogP contribution in [0.5, 0.6) is 0 Å². The zero-order valence-corrected chi connectivity index (χ0v) is 5.33. The Balaban J connectivity index is 2.63. The van der Waals surface area contributed by atoms with Crippen LogP contribution in [0.2, 0.25) is 0 Å². The van der Waals surface area contributed by atoms with Crippen molar-refractivity contribution in [2.24, 2.45) is 0 Å². The highest BCUT2D eigenvalue weighted by molar-refractivity contribution is 5.83. The van der Waals surface area contributed by atoms with Gasteiger partial charge in [0.05, 0.1) is 0 Å². The number of carbonyl (C=O) groups is 2. The van der Waals surface area contributed by atoms with Crippen molar-refractivity contribution >= 4 is 12.1 Å². The smallest absolute Gasteiger partial charge is 0.408 e. The lowest BCUT2D eigenvalue weighted by Gasteiger charge is -2.04. The van der Waals surface area contributed by atoms with Crippen LogP contribution in [-0.4, -0.2) is 29.3 Å². The third kappa shape index (κ3) is 1.02. The SMILES string of the molecule is C[C@H]1OC(=O)N[C@H]1C(=O)O. The Kier molecular flexibility index (Phi) is 1.48. The molecular weight excluding hydrogens is 138 g/mol. The first-order chi connectivity index (χ1) is 4.61. The van der Waals surface area contributed by atoms with Crippen LogP contribution in [-0.2, 0) is 9.53 Å². The van der Waals surface area contributed by atoms with Gasteiger partial charge in [-0.1, -0.05) is 0 Å². The van der Waals surface area contributed by atoms with Crippen LogP contribution in [0.3, 0.4) is 0 Å². The molecule has 0 aliphatic carbocycles. The first-order valence-electron chi connectivity index (χ1n) is 2.81. The maximum atomic E-state index is 10.4. The molecule has 2 atom stereocenters. The van der Waals surface area contributed by atoms with Crippen molar-refractivity contribution in [3.63, 3.8) is 0 Å². The quantitative estimate of drug-likeness (QED) is 0.524. The second kappa shape index (κ2) is 2.17. The summed E-state index contributed by atoms with van der Waals surface area (Å²) < 4.78 is 4.50. The Morgan fingerprint density at radius 3 is 2.60 bits per heavy atom. The molecule has 0 aromatic carbocycles. The number of cyclic esters (lactones) is 1. The van der Waals surface area contributed by atoms with E-state index in [1.807, 2.05) is 0 Å². The van der Waals surface area contributed by atoms with E-state index in [1.165, 1.54) is 6.92 Å². The molecule has 1 aliphatic rings. The maximum absolute atomic E-state index is 10.4. The molecule has 1 saturated heterocycles. The third-order valence-electron chi connectivity index (χ3n) is 1.30. The Bertz CT molecular complexity index is 178.